The van der Waals surface area contributed by atoms with Crippen LogP contribution in [0.2, 0.25) is 0 Å². The lowest BCUT2D eigenvalue weighted by Crippen LogP contribution is -2.52. The summed E-state index contributed by atoms with van der Waals surface area (Å²) in [6, 6.07) is 0. The Bertz CT molecular complexity index is 613. The van der Waals surface area contributed by atoms with Crippen LogP contribution < -0.4 is 0 Å². The Morgan fingerprint density at radius 3 is 2.68 bits per heavy atom. The smallest absolute Gasteiger partial charge is 0.155 e. The SMILES string of the molecule is CCSSC[C@]12CCC(=O)C=C1CCC1C2CC[C@]2(C)C(=O)CCC12. The minimum Gasteiger partial charge on any atom is -0.299 e. The van der Waals surface area contributed by atoms with Gasteiger partial charge >= 0.3 is 0 Å². The van der Waals surface area contributed by atoms with Crippen molar-refractivity contribution < 1.29 is 9.59 Å². The topological polar surface area (TPSA) is 34.1 Å². The summed E-state index contributed by atoms with van der Waals surface area (Å²) in [7, 11) is 3.98. The van der Waals surface area contributed by atoms with Crippen LogP contribution in [-0.2, 0) is 9.59 Å². The second-order valence-corrected chi connectivity index (χ2v) is 11.5. The Balaban J connectivity index is 1.67. The van der Waals surface area contributed by atoms with E-state index < -0.39 is 0 Å². The highest BCUT2D eigenvalue weighted by Crippen LogP contribution is 2.65. The molecule has 0 aliphatic heterocycles. The van der Waals surface area contributed by atoms with Gasteiger partial charge in [0.1, 0.15) is 5.78 Å². The molecule has 0 N–H and O–H groups in total. The number of rotatable bonds is 4. The molecule has 5 atom stereocenters. The van der Waals surface area contributed by atoms with E-state index in [4.69, 9.17) is 0 Å². The molecule has 2 nitrogen and oxygen atoms in total. The van der Waals surface area contributed by atoms with Crippen molar-refractivity contribution in [2.24, 2.45) is 28.6 Å². The van der Waals surface area contributed by atoms with Crippen molar-refractivity contribution in [1.29, 1.82) is 0 Å². The fourth-order valence-electron chi connectivity index (χ4n) is 6.63. The average Bonchev–Trinajstić information content (AvgIpc) is 2.91. The molecular formula is C21H30O2S2. The van der Waals surface area contributed by atoms with Crippen molar-refractivity contribution in [3.05, 3.63) is 11.6 Å². The number of ketones is 2. The van der Waals surface area contributed by atoms with Crippen molar-refractivity contribution in [2.75, 3.05) is 11.5 Å². The Morgan fingerprint density at radius 1 is 1.04 bits per heavy atom. The van der Waals surface area contributed by atoms with Crippen LogP contribution in [0.15, 0.2) is 11.6 Å². The van der Waals surface area contributed by atoms with E-state index in [1.54, 1.807) is 0 Å². The quantitative estimate of drug-likeness (QED) is 0.480. The summed E-state index contributed by atoms with van der Waals surface area (Å²) < 4.78 is 0. The lowest BCUT2D eigenvalue weighted by Gasteiger charge is -2.58. The molecule has 0 aromatic carbocycles. The van der Waals surface area contributed by atoms with Gasteiger partial charge < -0.3 is 0 Å². The number of hydrogen-bond donors (Lipinski definition) is 0. The fraction of sp³-hybridized carbons (Fsp3) is 0.810. The van der Waals surface area contributed by atoms with Crippen molar-refractivity contribution in [3.8, 4) is 0 Å². The van der Waals surface area contributed by atoms with E-state index in [2.05, 4.69) is 13.8 Å². The molecule has 0 heterocycles. The summed E-state index contributed by atoms with van der Waals surface area (Å²) in [6.07, 6.45) is 10.3. The number of Topliss-reactive ketones (excluding diaryl/α,β-unsaturated/α-hetero) is 1. The molecule has 0 radical (unpaired) electrons. The maximum atomic E-state index is 12.6. The standard InChI is InChI=1S/C21H30O2S2/c1-3-24-25-13-21-11-8-15(22)12-14(21)4-5-16-17-6-7-19(23)20(17,2)10-9-18(16)21/h12,16-18H,3-11,13H2,1-2H3/t16?,17?,18?,20-,21+/m0/s1. The first kappa shape index (κ1) is 18.2. The molecule has 4 aliphatic rings. The summed E-state index contributed by atoms with van der Waals surface area (Å²) >= 11 is 0. The van der Waals surface area contributed by atoms with Gasteiger partial charge in [0, 0.05) is 35.2 Å². The largest absolute Gasteiger partial charge is 0.299 e. The van der Waals surface area contributed by atoms with Crippen LogP contribution in [0, 0.1) is 28.6 Å². The lowest BCUT2D eigenvalue weighted by atomic mass is 9.47. The van der Waals surface area contributed by atoms with Gasteiger partial charge in [-0.1, -0.05) is 41.0 Å². The third kappa shape index (κ3) is 2.77. The van der Waals surface area contributed by atoms with Gasteiger partial charge in [0.05, 0.1) is 0 Å². The summed E-state index contributed by atoms with van der Waals surface area (Å²) in [6.45, 7) is 4.48. The third-order valence-corrected chi connectivity index (χ3v) is 10.5. The number of carbonyl (C=O) groups is 2. The van der Waals surface area contributed by atoms with Crippen LogP contribution in [0.1, 0.15) is 65.2 Å². The highest BCUT2D eigenvalue weighted by molar-refractivity contribution is 8.76. The molecule has 25 heavy (non-hydrogen) atoms. The first-order valence-corrected chi connectivity index (χ1v) is 12.5. The van der Waals surface area contributed by atoms with Crippen molar-refractivity contribution >= 4 is 33.2 Å². The van der Waals surface area contributed by atoms with E-state index in [0.717, 1.165) is 50.0 Å². The van der Waals surface area contributed by atoms with E-state index in [-0.39, 0.29) is 10.8 Å². The molecule has 4 aliphatic carbocycles. The van der Waals surface area contributed by atoms with Crippen LogP contribution in [-0.4, -0.2) is 23.1 Å². The molecular weight excluding hydrogens is 348 g/mol. The molecule has 0 spiro atoms. The minimum atomic E-state index is -0.0423. The zero-order valence-corrected chi connectivity index (χ0v) is 17.1. The Morgan fingerprint density at radius 2 is 1.88 bits per heavy atom. The average molecular weight is 379 g/mol. The second kappa shape index (κ2) is 6.74. The number of carbonyl (C=O) groups excluding carboxylic acids is 2. The van der Waals surface area contributed by atoms with Crippen LogP contribution >= 0.6 is 21.6 Å². The number of allylic oxidation sites excluding steroid dienone is 1. The van der Waals surface area contributed by atoms with Crippen molar-refractivity contribution in [3.63, 3.8) is 0 Å². The highest BCUT2D eigenvalue weighted by atomic mass is 33.1. The molecule has 4 heteroatoms. The molecule has 3 unspecified atom stereocenters. The maximum absolute atomic E-state index is 12.6. The van der Waals surface area contributed by atoms with Gasteiger partial charge in [0.15, 0.2) is 5.78 Å². The summed E-state index contributed by atoms with van der Waals surface area (Å²) in [5, 5.41) is 0. The van der Waals surface area contributed by atoms with E-state index in [0.29, 0.717) is 29.3 Å². The van der Waals surface area contributed by atoms with Crippen molar-refractivity contribution in [1.82, 2.24) is 0 Å². The third-order valence-electron chi connectivity index (χ3n) is 7.91. The first-order chi connectivity index (χ1) is 12.0. The Hall–Kier alpha value is -0.220. The predicted molar refractivity (Wildman–Crippen MR) is 107 cm³/mol. The lowest BCUT2D eigenvalue weighted by molar-refractivity contribution is -0.132. The van der Waals surface area contributed by atoms with Crippen molar-refractivity contribution in [2.45, 2.75) is 65.2 Å². The molecule has 0 aromatic heterocycles. The highest BCUT2D eigenvalue weighted by Gasteiger charge is 2.60. The summed E-state index contributed by atoms with van der Waals surface area (Å²) in [5.41, 5.74) is 1.65. The first-order valence-electron chi connectivity index (χ1n) is 10.0. The number of fused-ring (bicyclic) bond motifs is 5. The van der Waals surface area contributed by atoms with E-state index in [1.807, 2.05) is 27.7 Å². The van der Waals surface area contributed by atoms with Crippen LogP contribution in [0.4, 0.5) is 0 Å². The summed E-state index contributed by atoms with van der Waals surface area (Å²) in [5.74, 6) is 5.15. The molecule has 0 saturated heterocycles. The molecule has 0 aromatic rings. The molecule has 138 valence electrons. The maximum Gasteiger partial charge on any atom is 0.155 e. The van der Waals surface area contributed by atoms with Crippen LogP contribution in [0.25, 0.3) is 0 Å². The van der Waals surface area contributed by atoms with E-state index in [9.17, 15) is 9.59 Å². The zero-order chi connectivity index (χ0) is 17.7. The predicted octanol–water partition coefficient (Wildman–Crippen LogP) is 5.47. The van der Waals surface area contributed by atoms with Gasteiger partial charge in [-0.3, -0.25) is 9.59 Å². The number of hydrogen-bond acceptors (Lipinski definition) is 4. The van der Waals surface area contributed by atoms with Gasteiger partial charge in [-0.25, -0.2) is 0 Å². The van der Waals surface area contributed by atoms with Gasteiger partial charge in [0.2, 0.25) is 0 Å². The molecule has 4 rings (SSSR count). The monoisotopic (exact) mass is 378 g/mol. The van der Waals surface area contributed by atoms with Gasteiger partial charge in [0.25, 0.3) is 0 Å². The molecule has 0 amide bonds. The fourth-order valence-corrected chi connectivity index (χ4v) is 9.02. The normalized spacial score (nSPS) is 43.3. The van der Waals surface area contributed by atoms with Gasteiger partial charge in [-0.2, -0.15) is 0 Å². The van der Waals surface area contributed by atoms with E-state index >= 15 is 0 Å². The van der Waals surface area contributed by atoms with E-state index in [1.165, 1.54) is 18.4 Å². The molecule has 3 saturated carbocycles. The zero-order valence-electron chi connectivity index (χ0n) is 15.5. The van der Waals surface area contributed by atoms with Crippen LogP contribution in [0.5, 0.6) is 0 Å². The second-order valence-electron chi connectivity index (χ2n) is 8.79. The molecule has 3 fully saturated rings. The van der Waals surface area contributed by atoms with Gasteiger partial charge in [-0.15, -0.1) is 0 Å². The minimum absolute atomic E-state index is 0.0423. The van der Waals surface area contributed by atoms with Crippen LogP contribution in [0.3, 0.4) is 0 Å². The Labute approximate surface area is 159 Å². The van der Waals surface area contributed by atoms with Gasteiger partial charge in [-0.05, 0) is 62.4 Å². The summed E-state index contributed by atoms with van der Waals surface area (Å²) in [4.78, 5) is 24.7. The molecule has 0 bridgehead atoms. The Kier molecular flexibility index (Phi) is 4.90.